The van der Waals surface area contributed by atoms with E-state index >= 15 is 0 Å². The Kier molecular flexibility index (Phi) is 6.73. The number of anilines is 1. The summed E-state index contributed by atoms with van der Waals surface area (Å²) in [5, 5.41) is 6.33. The second kappa shape index (κ2) is 9.24. The third kappa shape index (κ3) is 4.55. The van der Waals surface area contributed by atoms with Gasteiger partial charge in [0, 0.05) is 17.5 Å². The summed E-state index contributed by atoms with van der Waals surface area (Å²) in [5.74, 6) is 0.924. The molecule has 1 aromatic heterocycles. The quantitative estimate of drug-likeness (QED) is 0.664. The predicted octanol–water partition coefficient (Wildman–Crippen LogP) is 4.66. The maximum Gasteiger partial charge on any atom is 0.256 e. The summed E-state index contributed by atoms with van der Waals surface area (Å²) in [4.78, 5) is 26.5. The minimum atomic E-state index is -0.224. The molecule has 0 bridgehead atoms. The molecule has 1 aliphatic rings. The van der Waals surface area contributed by atoms with Crippen molar-refractivity contribution in [1.29, 1.82) is 0 Å². The number of unbranched alkanes of at least 4 members (excludes halogenated alkanes) is 1. The van der Waals surface area contributed by atoms with Crippen LogP contribution in [-0.2, 0) is 12.8 Å². The summed E-state index contributed by atoms with van der Waals surface area (Å²) < 4.78 is 5.70. The van der Waals surface area contributed by atoms with Crippen LogP contribution in [0.5, 0.6) is 5.75 Å². The van der Waals surface area contributed by atoms with Gasteiger partial charge in [0.25, 0.3) is 11.8 Å². The molecule has 3 rings (SSSR count). The highest BCUT2D eigenvalue weighted by Gasteiger charge is 2.28. The first-order valence-corrected chi connectivity index (χ1v) is 10.8. The molecule has 1 atom stereocenters. The molecule has 2 amide bonds. The molecule has 0 fully saturated rings. The van der Waals surface area contributed by atoms with Gasteiger partial charge < -0.3 is 15.4 Å². The zero-order valence-electron chi connectivity index (χ0n) is 16.8. The van der Waals surface area contributed by atoms with Crippen molar-refractivity contribution in [3.05, 3.63) is 45.8 Å². The number of fused-ring (bicyclic) bond motifs is 1. The summed E-state index contributed by atoms with van der Waals surface area (Å²) in [6, 6.07) is 7.18. The average Bonchev–Trinajstić information content (AvgIpc) is 3.04. The van der Waals surface area contributed by atoms with E-state index in [9.17, 15) is 9.59 Å². The second-order valence-electron chi connectivity index (χ2n) is 7.32. The number of rotatable bonds is 7. The summed E-state index contributed by atoms with van der Waals surface area (Å²) in [7, 11) is 1.63. The lowest BCUT2D eigenvalue weighted by atomic mass is 9.88. The number of carbonyl (C=O) groups is 2. The maximum atomic E-state index is 12.8. The minimum Gasteiger partial charge on any atom is -0.494 e. The van der Waals surface area contributed by atoms with Crippen LogP contribution in [0.1, 0.15) is 64.3 Å². The number of hydrogen-bond donors (Lipinski definition) is 2. The molecule has 6 heteroatoms. The molecule has 0 saturated heterocycles. The molecule has 28 heavy (non-hydrogen) atoms. The van der Waals surface area contributed by atoms with E-state index < -0.39 is 0 Å². The molecule has 1 heterocycles. The van der Waals surface area contributed by atoms with Gasteiger partial charge in [-0.15, -0.1) is 11.3 Å². The molecular weight excluding hydrogens is 372 g/mol. The van der Waals surface area contributed by atoms with Gasteiger partial charge in [-0.3, -0.25) is 9.59 Å². The Hall–Kier alpha value is -2.34. The first-order chi connectivity index (χ1) is 13.5. The Bertz CT molecular complexity index is 859. The fourth-order valence-corrected chi connectivity index (χ4v) is 4.84. The number of nitrogens with one attached hydrogen (secondary N) is 2. The van der Waals surface area contributed by atoms with Crippen molar-refractivity contribution in [3.8, 4) is 5.75 Å². The van der Waals surface area contributed by atoms with Crippen LogP contribution in [0.2, 0.25) is 0 Å². The van der Waals surface area contributed by atoms with Crippen LogP contribution in [-0.4, -0.2) is 25.5 Å². The highest BCUT2D eigenvalue weighted by Crippen LogP contribution is 2.39. The van der Waals surface area contributed by atoms with Gasteiger partial charge in [-0.05, 0) is 55.4 Å². The normalized spacial score (nSPS) is 15.6. The van der Waals surface area contributed by atoms with Crippen molar-refractivity contribution in [2.24, 2.45) is 5.92 Å². The van der Waals surface area contributed by atoms with Gasteiger partial charge in [-0.2, -0.15) is 0 Å². The highest BCUT2D eigenvalue weighted by atomic mass is 32.1. The van der Waals surface area contributed by atoms with Crippen LogP contribution < -0.4 is 15.4 Å². The van der Waals surface area contributed by atoms with Crippen LogP contribution in [0.3, 0.4) is 0 Å². The Labute approximate surface area is 170 Å². The zero-order valence-corrected chi connectivity index (χ0v) is 17.6. The van der Waals surface area contributed by atoms with E-state index in [-0.39, 0.29) is 11.8 Å². The van der Waals surface area contributed by atoms with Crippen LogP contribution >= 0.6 is 11.3 Å². The number of ether oxygens (including phenoxy) is 1. The van der Waals surface area contributed by atoms with Gasteiger partial charge in [0.1, 0.15) is 10.8 Å². The Morgan fingerprint density at radius 2 is 2.11 bits per heavy atom. The molecule has 0 spiro atoms. The molecule has 1 aliphatic carbocycles. The highest BCUT2D eigenvalue weighted by molar-refractivity contribution is 7.17. The smallest absolute Gasteiger partial charge is 0.256 e. The lowest BCUT2D eigenvalue weighted by Crippen LogP contribution is -2.22. The van der Waals surface area contributed by atoms with Crippen molar-refractivity contribution in [2.45, 2.75) is 46.0 Å². The van der Waals surface area contributed by atoms with Gasteiger partial charge >= 0.3 is 0 Å². The van der Waals surface area contributed by atoms with Crippen LogP contribution in [0.15, 0.2) is 24.3 Å². The first kappa shape index (κ1) is 20.4. The van der Waals surface area contributed by atoms with E-state index in [1.165, 1.54) is 16.2 Å². The topological polar surface area (TPSA) is 67.4 Å². The van der Waals surface area contributed by atoms with Crippen molar-refractivity contribution in [1.82, 2.24) is 5.32 Å². The maximum absolute atomic E-state index is 12.8. The third-order valence-electron chi connectivity index (χ3n) is 5.06. The molecular formula is C22H28N2O3S. The fraction of sp³-hybridized carbons (Fsp3) is 0.455. The Balaban J connectivity index is 1.82. The summed E-state index contributed by atoms with van der Waals surface area (Å²) in [6.45, 7) is 4.97. The summed E-state index contributed by atoms with van der Waals surface area (Å²) >= 11 is 1.53. The third-order valence-corrected chi connectivity index (χ3v) is 6.23. The van der Waals surface area contributed by atoms with Gasteiger partial charge in [-0.1, -0.05) is 26.3 Å². The molecule has 2 aromatic rings. The van der Waals surface area contributed by atoms with Crippen LogP contribution in [0.4, 0.5) is 5.00 Å². The SMILES string of the molecule is CCCCOc1cccc(C(=O)Nc2sc3c(c2C(=O)NC)CC[C@@H](C)C3)c1. The molecule has 0 saturated carbocycles. The number of amides is 2. The number of carbonyl (C=O) groups excluding carboxylic acids is 2. The lowest BCUT2D eigenvalue weighted by molar-refractivity contribution is 0.0963. The van der Waals surface area contributed by atoms with Crippen LogP contribution in [0, 0.1) is 5.92 Å². The van der Waals surface area contributed by atoms with Crippen molar-refractivity contribution in [3.63, 3.8) is 0 Å². The molecule has 0 aliphatic heterocycles. The second-order valence-corrected chi connectivity index (χ2v) is 8.42. The monoisotopic (exact) mass is 400 g/mol. The zero-order chi connectivity index (χ0) is 20.1. The molecule has 5 nitrogen and oxygen atoms in total. The Morgan fingerprint density at radius 1 is 1.29 bits per heavy atom. The van der Waals surface area contributed by atoms with Crippen molar-refractivity contribution in [2.75, 3.05) is 19.0 Å². The average molecular weight is 401 g/mol. The minimum absolute atomic E-state index is 0.140. The van der Waals surface area contributed by atoms with Gasteiger partial charge in [0.05, 0.1) is 12.2 Å². The Morgan fingerprint density at radius 3 is 2.86 bits per heavy atom. The number of thiophene rings is 1. The van der Waals surface area contributed by atoms with Crippen molar-refractivity contribution >= 4 is 28.2 Å². The molecule has 1 aromatic carbocycles. The first-order valence-electron chi connectivity index (χ1n) is 9.94. The van der Waals surface area contributed by atoms with E-state index in [0.29, 0.717) is 34.4 Å². The van der Waals surface area contributed by atoms with E-state index in [2.05, 4.69) is 24.5 Å². The fourth-order valence-electron chi connectivity index (χ4n) is 3.44. The van der Waals surface area contributed by atoms with Gasteiger partial charge in [0.2, 0.25) is 0 Å². The molecule has 2 N–H and O–H groups in total. The van der Waals surface area contributed by atoms with Gasteiger partial charge in [-0.25, -0.2) is 0 Å². The summed E-state index contributed by atoms with van der Waals surface area (Å²) in [6.07, 6.45) is 4.94. The van der Waals surface area contributed by atoms with Crippen molar-refractivity contribution < 1.29 is 14.3 Å². The van der Waals surface area contributed by atoms with E-state index in [0.717, 1.165) is 37.7 Å². The molecule has 0 radical (unpaired) electrons. The van der Waals surface area contributed by atoms with E-state index in [4.69, 9.17) is 4.74 Å². The molecule has 150 valence electrons. The van der Waals surface area contributed by atoms with Gasteiger partial charge in [0.15, 0.2) is 0 Å². The standard InChI is InChI=1S/C22H28N2O3S/c1-4-5-11-27-16-8-6-7-15(13-16)20(25)24-22-19(21(26)23-3)17-10-9-14(2)12-18(17)28-22/h6-8,13-14H,4-5,9-12H2,1-3H3,(H,23,26)(H,24,25)/t14-/m1/s1. The largest absolute Gasteiger partial charge is 0.494 e. The lowest BCUT2D eigenvalue weighted by Gasteiger charge is -2.18. The van der Waals surface area contributed by atoms with E-state index in [1.807, 2.05) is 12.1 Å². The summed E-state index contributed by atoms with van der Waals surface area (Å²) in [5.41, 5.74) is 2.24. The number of hydrogen-bond acceptors (Lipinski definition) is 4. The van der Waals surface area contributed by atoms with Crippen LogP contribution in [0.25, 0.3) is 0 Å². The number of benzene rings is 1. The van der Waals surface area contributed by atoms with E-state index in [1.54, 1.807) is 19.2 Å². The molecule has 0 unspecified atom stereocenters. The predicted molar refractivity (Wildman–Crippen MR) is 114 cm³/mol.